The summed E-state index contributed by atoms with van der Waals surface area (Å²) in [5.74, 6) is 0. The molecular formula is C4H5KO3S. The van der Waals surface area contributed by atoms with Crippen LogP contribution >= 0.6 is 0 Å². The van der Waals surface area contributed by atoms with Gasteiger partial charge >= 0.3 is 51.4 Å². The van der Waals surface area contributed by atoms with Crippen molar-refractivity contribution in [1.29, 1.82) is 0 Å². The number of hydrogen-bond acceptors (Lipinski definition) is 3. The minimum absolute atomic E-state index is 0. The fourth-order valence-electron chi connectivity index (χ4n) is 0.152. The molecule has 0 unspecified atom stereocenters. The van der Waals surface area contributed by atoms with Crippen LogP contribution < -0.4 is 51.4 Å². The first-order valence-electron chi connectivity index (χ1n) is 1.81. The van der Waals surface area contributed by atoms with Crippen LogP contribution in [0.15, 0.2) is 24.1 Å². The number of allylic oxidation sites excluding steroid dienone is 2. The van der Waals surface area contributed by atoms with Crippen molar-refractivity contribution in [3.8, 4) is 0 Å². The molecule has 3 nitrogen and oxygen atoms in total. The van der Waals surface area contributed by atoms with Gasteiger partial charge in [-0.1, -0.05) is 18.7 Å². The molecule has 0 aromatic rings. The largest absolute Gasteiger partial charge is 1.00 e. The maximum absolute atomic E-state index is 9.70. The van der Waals surface area contributed by atoms with Gasteiger partial charge in [-0.15, -0.1) is 0 Å². The molecule has 0 amide bonds. The summed E-state index contributed by atoms with van der Waals surface area (Å²) in [7, 11) is -4.19. The first kappa shape index (κ1) is 12.7. The van der Waals surface area contributed by atoms with Gasteiger partial charge in [-0.2, -0.15) is 0 Å². The van der Waals surface area contributed by atoms with Gasteiger partial charge in [0.1, 0.15) is 10.1 Å². The molecule has 0 heterocycles. The third-order valence-corrected chi connectivity index (χ3v) is 0.872. The van der Waals surface area contributed by atoms with Crippen molar-refractivity contribution in [3.05, 3.63) is 24.1 Å². The van der Waals surface area contributed by atoms with E-state index in [1.165, 1.54) is 6.08 Å². The van der Waals surface area contributed by atoms with Gasteiger partial charge in [0.05, 0.1) is 0 Å². The fourth-order valence-corrected chi connectivity index (χ4v) is 0.455. The summed E-state index contributed by atoms with van der Waals surface area (Å²) in [6.45, 7) is 3.17. The van der Waals surface area contributed by atoms with Crippen LogP contribution in [-0.4, -0.2) is 13.0 Å². The Labute approximate surface area is 97.0 Å². The Morgan fingerprint density at radius 3 is 2.00 bits per heavy atom. The van der Waals surface area contributed by atoms with Crippen LogP contribution in [0, 0.1) is 0 Å². The number of rotatable bonds is 2. The summed E-state index contributed by atoms with van der Waals surface area (Å²) in [5, 5.41) is 0.542. The Balaban J connectivity index is 0. The Morgan fingerprint density at radius 2 is 1.89 bits per heavy atom. The molecule has 0 atom stereocenters. The molecule has 0 aromatic heterocycles. The molecule has 0 aliphatic carbocycles. The maximum Gasteiger partial charge on any atom is 1.00 e. The van der Waals surface area contributed by atoms with Crippen LogP contribution in [0.2, 0.25) is 0 Å². The first-order valence-corrected chi connectivity index (χ1v) is 3.28. The third kappa shape index (κ3) is 12.3. The fraction of sp³-hybridized carbons (Fsp3) is 0. The van der Waals surface area contributed by atoms with Gasteiger partial charge in [0.2, 0.25) is 0 Å². The van der Waals surface area contributed by atoms with Crippen LogP contribution in [0.4, 0.5) is 0 Å². The van der Waals surface area contributed by atoms with Crippen LogP contribution in [0.25, 0.3) is 0 Å². The molecule has 0 aromatic carbocycles. The Bertz CT molecular complexity index is 192. The van der Waals surface area contributed by atoms with Crippen molar-refractivity contribution in [1.82, 2.24) is 0 Å². The monoisotopic (exact) mass is 172 g/mol. The van der Waals surface area contributed by atoms with E-state index in [1.54, 1.807) is 0 Å². The van der Waals surface area contributed by atoms with Gasteiger partial charge in [-0.25, -0.2) is 8.42 Å². The zero-order valence-electron chi connectivity index (χ0n) is 5.07. The minimum atomic E-state index is -4.19. The van der Waals surface area contributed by atoms with Crippen molar-refractivity contribution < 1.29 is 64.4 Å². The SMILES string of the molecule is C=C/C=C/S(=O)(=O)[O-].[K+]. The van der Waals surface area contributed by atoms with E-state index in [0.717, 1.165) is 6.08 Å². The predicted octanol–water partition coefficient (Wildman–Crippen LogP) is -2.76. The number of hydrogen-bond donors (Lipinski definition) is 0. The van der Waals surface area contributed by atoms with Gasteiger partial charge in [0.25, 0.3) is 0 Å². The molecule has 0 aliphatic rings. The second-order valence-corrected chi connectivity index (χ2v) is 2.31. The average Bonchev–Trinajstić information content (AvgIpc) is 1.59. The summed E-state index contributed by atoms with van der Waals surface area (Å²) < 4.78 is 29.1. The first-order chi connectivity index (χ1) is 3.56. The molecule has 0 radical (unpaired) electrons. The average molecular weight is 172 g/mol. The van der Waals surface area contributed by atoms with Crippen LogP contribution in [0.5, 0.6) is 0 Å². The van der Waals surface area contributed by atoms with E-state index in [9.17, 15) is 13.0 Å². The molecule has 0 spiro atoms. The van der Waals surface area contributed by atoms with Gasteiger partial charge in [-0.05, 0) is 0 Å². The summed E-state index contributed by atoms with van der Waals surface area (Å²) in [5.41, 5.74) is 0. The van der Waals surface area contributed by atoms with Crippen LogP contribution in [0.3, 0.4) is 0 Å². The van der Waals surface area contributed by atoms with Crippen molar-refractivity contribution in [2.75, 3.05) is 0 Å². The van der Waals surface area contributed by atoms with Crippen LogP contribution in [0.1, 0.15) is 0 Å². The Hall–Kier alpha value is 1.03. The van der Waals surface area contributed by atoms with Crippen molar-refractivity contribution in [2.45, 2.75) is 0 Å². The topological polar surface area (TPSA) is 57.2 Å². The molecule has 0 fully saturated rings. The zero-order valence-corrected chi connectivity index (χ0v) is 9.01. The van der Waals surface area contributed by atoms with Crippen molar-refractivity contribution >= 4 is 10.1 Å². The summed E-state index contributed by atoms with van der Waals surface area (Å²) in [6, 6.07) is 0. The van der Waals surface area contributed by atoms with Gasteiger partial charge < -0.3 is 4.55 Å². The molecular weight excluding hydrogens is 167 g/mol. The van der Waals surface area contributed by atoms with E-state index in [2.05, 4.69) is 6.58 Å². The van der Waals surface area contributed by atoms with Crippen molar-refractivity contribution in [3.63, 3.8) is 0 Å². The summed E-state index contributed by atoms with van der Waals surface area (Å²) in [4.78, 5) is 0. The van der Waals surface area contributed by atoms with E-state index >= 15 is 0 Å². The molecule has 5 heteroatoms. The molecule has 46 valence electrons. The van der Waals surface area contributed by atoms with E-state index in [4.69, 9.17) is 0 Å². The molecule has 0 aliphatic heterocycles. The summed E-state index contributed by atoms with van der Waals surface area (Å²) >= 11 is 0. The standard InChI is InChI=1S/C4H6O3S.K/c1-2-3-4-8(5,6)7;/h2-4H,1H2,(H,5,6,7);/q;+1/p-1/b4-3+;. The van der Waals surface area contributed by atoms with E-state index < -0.39 is 10.1 Å². The normalized spacial score (nSPS) is 10.8. The molecule has 0 N–H and O–H groups in total. The smallest absolute Gasteiger partial charge is 0.744 e. The van der Waals surface area contributed by atoms with Crippen LogP contribution in [-0.2, 0) is 10.1 Å². The molecule has 9 heavy (non-hydrogen) atoms. The summed E-state index contributed by atoms with van der Waals surface area (Å²) in [6.07, 6.45) is 2.29. The quantitative estimate of drug-likeness (QED) is 0.257. The minimum Gasteiger partial charge on any atom is -0.744 e. The van der Waals surface area contributed by atoms with Gasteiger partial charge in [0, 0.05) is 5.41 Å². The molecule has 0 saturated heterocycles. The maximum atomic E-state index is 9.70. The van der Waals surface area contributed by atoms with Gasteiger partial charge in [0.15, 0.2) is 0 Å². The Kier molecular flexibility index (Phi) is 8.15. The second kappa shape index (κ2) is 5.78. The predicted molar refractivity (Wildman–Crippen MR) is 29.0 cm³/mol. The van der Waals surface area contributed by atoms with Crippen molar-refractivity contribution in [2.24, 2.45) is 0 Å². The van der Waals surface area contributed by atoms with E-state index in [1.807, 2.05) is 0 Å². The third-order valence-electron chi connectivity index (χ3n) is 0.381. The zero-order chi connectivity index (χ0) is 6.62. The second-order valence-electron chi connectivity index (χ2n) is 1.06. The van der Waals surface area contributed by atoms with E-state index in [-0.39, 0.29) is 51.4 Å². The van der Waals surface area contributed by atoms with E-state index in [0.29, 0.717) is 5.41 Å². The molecule has 0 bridgehead atoms. The van der Waals surface area contributed by atoms with Gasteiger partial charge in [-0.3, -0.25) is 0 Å². The molecule has 0 saturated carbocycles. The Morgan fingerprint density at radius 1 is 1.44 bits per heavy atom. The molecule has 0 rings (SSSR count).